The third-order valence-electron chi connectivity index (χ3n) is 2.22. The van der Waals surface area contributed by atoms with E-state index in [0.29, 0.717) is 31.9 Å². The third-order valence-corrected chi connectivity index (χ3v) is 2.22. The summed E-state index contributed by atoms with van der Waals surface area (Å²) in [5.74, 6) is -2.26. The number of nitro benzene ring substituents is 1. The van der Waals surface area contributed by atoms with Gasteiger partial charge >= 0.3 is 0 Å². The number of nitrogens with zero attached hydrogens (tertiary/aromatic N) is 1. The molecule has 1 aromatic carbocycles. The van der Waals surface area contributed by atoms with Crippen LogP contribution in [0.1, 0.15) is 18.4 Å². The van der Waals surface area contributed by atoms with E-state index in [1.807, 2.05) is 0 Å². The maximum Gasteiger partial charge on any atom is 0.275 e. The fourth-order valence-corrected chi connectivity index (χ4v) is 1.41. The number of halogens is 2. The minimum absolute atomic E-state index is 0.206. The molecule has 0 heterocycles. The molecule has 0 fully saturated rings. The normalized spacial score (nSPS) is 10.4. The van der Waals surface area contributed by atoms with Crippen molar-refractivity contribution >= 4 is 5.69 Å². The lowest BCUT2D eigenvalue weighted by Crippen LogP contribution is -2.02. The Kier molecular flexibility index (Phi) is 4.30. The summed E-state index contributed by atoms with van der Waals surface area (Å²) in [4.78, 5) is 9.90. The summed E-state index contributed by atoms with van der Waals surface area (Å²) in [5, 5.41) is 10.6. The molecule has 0 saturated heterocycles. The summed E-state index contributed by atoms with van der Waals surface area (Å²) in [7, 11) is 0. The average Bonchev–Trinajstić information content (AvgIpc) is 2.23. The second kappa shape index (κ2) is 5.50. The Morgan fingerprint density at radius 2 is 1.88 bits per heavy atom. The molecular formula is C10H12F2N2O2. The van der Waals surface area contributed by atoms with E-state index >= 15 is 0 Å². The highest BCUT2D eigenvalue weighted by Gasteiger charge is 2.17. The van der Waals surface area contributed by atoms with Crippen molar-refractivity contribution in [2.45, 2.75) is 19.3 Å². The molecule has 2 N–H and O–H groups in total. The van der Waals surface area contributed by atoms with E-state index in [4.69, 9.17) is 5.73 Å². The maximum atomic E-state index is 12.9. The van der Waals surface area contributed by atoms with Gasteiger partial charge in [-0.05, 0) is 31.9 Å². The van der Waals surface area contributed by atoms with Gasteiger partial charge in [-0.15, -0.1) is 0 Å². The fourth-order valence-electron chi connectivity index (χ4n) is 1.41. The quantitative estimate of drug-likeness (QED) is 0.478. The van der Waals surface area contributed by atoms with Crippen LogP contribution in [0.5, 0.6) is 0 Å². The van der Waals surface area contributed by atoms with Crippen LogP contribution >= 0.6 is 0 Å². The van der Waals surface area contributed by atoms with Crippen LogP contribution in [0.3, 0.4) is 0 Å². The Bertz CT molecular complexity index is 397. The molecule has 1 rings (SSSR count). The largest absolute Gasteiger partial charge is 0.330 e. The van der Waals surface area contributed by atoms with Crippen LogP contribution in [-0.4, -0.2) is 11.5 Å². The van der Waals surface area contributed by atoms with Crippen molar-refractivity contribution in [2.24, 2.45) is 5.73 Å². The highest BCUT2D eigenvalue weighted by molar-refractivity contribution is 5.41. The van der Waals surface area contributed by atoms with Crippen LogP contribution in [0.2, 0.25) is 0 Å². The molecule has 0 aliphatic heterocycles. The molecule has 0 unspecified atom stereocenters. The first-order valence-electron chi connectivity index (χ1n) is 4.88. The van der Waals surface area contributed by atoms with Crippen LogP contribution in [-0.2, 0) is 6.42 Å². The van der Waals surface area contributed by atoms with Gasteiger partial charge in [-0.25, -0.2) is 8.78 Å². The van der Waals surface area contributed by atoms with Crippen molar-refractivity contribution in [3.05, 3.63) is 39.4 Å². The van der Waals surface area contributed by atoms with Crippen molar-refractivity contribution < 1.29 is 13.7 Å². The van der Waals surface area contributed by atoms with Gasteiger partial charge in [0.1, 0.15) is 0 Å². The second-order valence-electron chi connectivity index (χ2n) is 3.40. The SMILES string of the molecule is NCCCCc1cc(F)c(F)cc1[N+](=O)[O-]. The minimum Gasteiger partial charge on any atom is -0.330 e. The molecule has 4 nitrogen and oxygen atoms in total. The molecule has 16 heavy (non-hydrogen) atoms. The first-order chi connectivity index (χ1) is 7.56. The van der Waals surface area contributed by atoms with Crippen molar-refractivity contribution in [1.29, 1.82) is 0 Å². The molecule has 0 amide bonds. The standard InChI is InChI=1S/C10H12F2N2O2/c11-8-5-7(3-1-2-4-13)10(14(15)16)6-9(8)12/h5-6H,1-4,13H2. The Morgan fingerprint density at radius 3 is 2.44 bits per heavy atom. The van der Waals surface area contributed by atoms with E-state index in [0.717, 1.165) is 6.07 Å². The Hall–Kier alpha value is -1.56. The molecule has 0 saturated carbocycles. The van der Waals surface area contributed by atoms with E-state index < -0.39 is 16.6 Å². The van der Waals surface area contributed by atoms with Gasteiger partial charge in [0, 0.05) is 5.56 Å². The number of benzene rings is 1. The lowest BCUT2D eigenvalue weighted by molar-refractivity contribution is -0.385. The Labute approximate surface area is 91.2 Å². The van der Waals surface area contributed by atoms with Gasteiger partial charge in [0.15, 0.2) is 11.6 Å². The smallest absolute Gasteiger partial charge is 0.275 e. The van der Waals surface area contributed by atoms with Gasteiger partial charge in [-0.1, -0.05) is 0 Å². The van der Waals surface area contributed by atoms with E-state index in [2.05, 4.69) is 0 Å². The molecule has 0 spiro atoms. The van der Waals surface area contributed by atoms with Crippen LogP contribution in [0.15, 0.2) is 12.1 Å². The van der Waals surface area contributed by atoms with Crippen molar-refractivity contribution in [3.8, 4) is 0 Å². The van der Waals surface area contributed by atoms with E-state index in [9.17, 15) is 18.9 Å². The highest BCUT2D eigenvalue weighted by atomic mass is 19.2. The van der Waals surface area contributed by atoms with Crippen molar-refractivity contribution in [1.82, 2.24) is 0 Å². The Balaban J connectivity index is 2.95. The average molecular weight is 230 g/mol. The number of rotatable bonds is 5. The summed E-state index contributed by atoms with van der Waals surface area (Å²) in [6, 6.07) is 1.50. The summed E-state index contributed by atoms with van der Waals surface area (Å²) in [6.07, 6.45) is 1.63. The van der Waals surface area contributed by atoms with Crippen molar-refractivity contribution in [3.63, 3.8) is 0 Å². The third kappa shape index (κ3) is 2.96. The number of hydrogen-bond donors (Lipinski definition) is 1. The lowest BCUT2D eigenvalue weighted by Gasteiger charge is -2.03. The molecule has 0 aromatic heterocycles. The van der Waals surface area contributed by atoms with Gasteiger partial charge in [-0.2, -0.15) is 0 Å². The first-order valence-corrected chi connectivity index (χ1v) is 4.88. The minimum atomic E-state index is -1.20. The molecule has 88 valence electrons. The summed E-state index contributed by atoms with van der Waals surface area (Å²) in [5.41, 5.74) is 5.10. The number of hydrogen-bond acceptors (Lipinski definition) is 3. The molecule has 0 aliphatic rings. The zero-order valence-electron chi connectivity index (χ0n) is 8.58. The first kappa shape index (κ1) is 12.5. The molecule has 0 atom stereocenters. The van der Waals surface area contributed by atoms with Gasteiger partial charge in [-0.3, -0.25) is 10.1 Å². The van der Waals surface area contributed by atoms with E-state index in [-0.39, 0.29) is 11.3 Å². The lowest BCUT2D eigenvalue weighted by atomic mass is 10.1. The molecule has 1 aromatic rings. The predicted octanol–water partition coefficient (Wildman–Crippen LogP) is 2.15. The topological polar surface area (TPSA) is 69.2 Å². The van der Waals surface area contributed by atoms with Gasteiger partial charge in [0.2, 0.25) is 0 Å². The number of nitrogens with two attached hydrogens (primary N) is 1. The van der Waals surface area contributed by atoms with Crippen molar-refractivity contribution in [2.75, 3.05) is 6.54 Å². The van der Waals surface area contributed by atoms with Gasteiger partial charge in [0.25, 0.3) is 5.69 Å². The highest BCUT2D eigenvalue weighted by Crippen LogP contribution is 2.23. The van der Waals surface area contributed by atoms with Gasteiger partial charge < -0.3 is 5.73 Å². The summed E-state index contributed by atoms with van der Waals surface area (Å²) < 4.78 is 25.7. The molecular weight excluding hydrogens is 218 g/mol. The van der Waals surface area contributed by atoms with E-state index in [1.54, 1.807) is 0 Å². The van der Waals surface area contributed by atoms with Crippen LogP contribution < -0.4 is 5.73 Å². The van der Waals surface area contributed by atoms with Crippen LogP contribution in [0.25, 0.3) is 0 Å². The fraction of sp³-hybridized carbons (Fsp3) is 0.400. The molecule has 0 radical (unpaired) electrons. The van der Waals surface area contributed by atoms with E-state index in [1.165, 1.54) is 0 Å². The molecule has 6 heteroatoms. The zero-order valence-corrected chi connectivity index (χ0v) is 8.58. The van der Waals surface area contributed by atoms with Gasteiger partial charge in [0.05, 0.1) is 11.0 Å². The monoisotopic (exact) mass is 230 g/mol. The zero-order chi connectivity index (χ0) is 12.1. The molecule has 0 bridgehead atoms. The number of unbranched alkanes of at least 4 members (excludes halogenated alkanes) is 1. The summed E-state index contributed by atoms with van der Waals surface area (Å²) in [6.45, 7) is 0.470. The maximum absolute atomic E-state index is 12.9. The van der Waals surface area contributed by atoms with Crippen LogP contribution in [0.4, 0.5) is 14.5 Å². The number of nitro groups is 1. The summed E-state index contributed by atoms with van der Waals surface area (Å²) >= 11 is 0. The Morgan fingerprint density at radius 1 is 1.25 bits per heavy atom. The number of aryl methyl sites for hydroxylation is 1. The predicted molar refractivity (Wildman–Crippen MR) is 55.0 cm³/mol. The van der Waals surface area contributed by atoms with Crippen LogP contribution in [0, 0.1) is 21.7 Å². The molecule has 0 aliphatic carbocycles. The second-order valence-corrected chi connectivity index (χ2v) is 3.40.